The Bertz CT molecular complexity index is 944. The molecule has 1 aromatic carbocycles. The highest BCUT2D eigenvalue weighted by molar-refractivity contribution is 7.15. The lowest BCUT2D eigenvalue weighted by molar-refractivity contribution is 0.100. The van der Waals surface area contributed by atoms with E-state index >= 15 is 0 Å². The predicted octanol–water partition coefficient (Wildman–Crippen LogP) is 2.60. The first-order valence-corrected chi connectivity index (χ1v) is 8.63. The minimum atomic E-state index is -0.763. The average molecular weight is 357 g/mol. The molecule has 2 aromatic heterocycles. The van der Waals surface area contributed by atoms with E-state index in [-0.39, 0.29) is 11.4 Å². The van der Waals surface area contributed by atoms with E-state index in [2.05, 4.69) is 34.7 Å². The Labute approximate surface area is 148 Å². The van der Waals surface area contributed by atoms with Crippen LogP contribution in [0.25, 0.3) is 21.3 Å². The van der Waals surface area contributed by atoms with Crippen molar-refractivity contribution in [3.63, 3.8) is 0 Å². The maximum Gasteiger partial charge on any atom is 0.317 e. The van der Waals surface area contributed by atoms with Crippen LogP contribution in [0.2, 0.25) is 0 Å². The molecule has 0 unspecified atom stereocenters. The van der Waals surface area contributed by atoms with E-state index in [4.69, 9.17) is 11.5 Å². The fourth-order valence-corrected chi connectivity index (χ4v) is 3.67. The molecular weight excluding hydrogens is 338 g/mol. The third-order valence-electron chi connectivity index (χ3n) is 3.79. The Morgan fingerprint density at radius 1 is 1.20 bits per heavy atom. The van der Waals surface area contributed by atoms with Crippen molar-refractivity contribution in [1.29, 1.82) is 0 Å². The van der Waals surface area contributed by atoms with Crippen molar-refractivity contribution in [3.05, 3.63) is 40.8 Å². The number of anilines is 1. The number of carbonyl (C=O) groups is 2. The summed E-state index contributed by atoms with van der Waals surface area (Å²) in [6.45, 7) is 3.83. The highest BCUT2D eigenvalue weighted by Gasteiger charge is 2.18. The van der Waals surface area contributed by atoms with Crippen LogP contribution in [0.15, 0.2) is 30.3 Å². The second kappa shape index (κ2) is 6.96. The summed E-state index contributed by atoms with van der Waals surface area (Å²) in [5, 5.41) is 6.35. The van der Waals surface area contributed by atoms with Gasteiger partial charge in [0.05, 0.1) is 5.56 Å². The number of aromatic amines is 1. The number of fused-ring (bicyclic) bond motifs is 1. The summed E-state index contributed by atoms with van der Waals surface area (Å²) in [6.07, 6.45) is 0. The zero-order valence-electron chi connectivity index (χ0n) is 13.7. The molecule has 25 heavy (non-hydrogen) atoms. The van der Waals surface area contributed by atoms with Gasteiger partial charge < -0.3 is 21.8 Å². The number of aromatic nitrogens is 1. The molecule has 0 radical (unpaired) electrons. The average Bonchev–Trinajstić information content (AvgIpc) is 3.15. The van der Waals surface area contributed by atoms with E-state index in [0.717, 1.165) is 23.5 Å². The highest BCUT2D eigenvalue weighted by atomic mass is 32.1. The summed E-state index contributed by atoms with van der Waals surface area (Å²) in [4.78, 5) is 28.2. The lowest BCUT2D eigenvalue weighted by Gasteiger charge is -2.00. The second-order valence-electron chi connectivity index (χ2n) is 5.54. The van der Waals surface area contributed by atoms with Crippen LogP contribution in [0.3, 0.4) is 0 Å². The Balaban J connectivity index is 2.01. The molecule has 0 saturated heterocycles. The van der Waals surface area contributed by atoms with Gasteiger partial charge in [-0.25, -0.2) is 4.79 Å². The largest absolute Gasteiger partial charge is 0.365 e. The zero-order chi connectivity index (χ0) is 18.0. The number of thiophene rings is 1. The minimum absolute atomic E-state index is 0.214. The summed E-state index contributed by atoms with van der Waals surface area (Å²) in [7, 11) is 0. The molecule has 0 fully saturated rings. The standard InChI is InChI=1S/C17H19N5O2S/c1-2-20-8-10-4-6-13(25-10)9-3-5-11-12(7-9)21-16(22-17(19)24)14(11)15(18)23/h3-7,20-21H,2,8H2,1H3,(H2,18,23)(H3,19,22,24). The number of nitrogens with two attached hydrogens (primary N) is 2. The minimum Gasteiger partial charge on any atom is -0.365 e. The number of hydrogen-bond donors (Lipinski definition) is 5. The van der Waals surface area contributed by atoms with Crippen molar-refractivity contribution in [2.45, 2.75) is 13.5 Å². The van der Waals surface area contributed by atoms with Crippen molar-refractivity contribution in [2.24, 2.45) is 11.5 Å². The zero-order valence-corrected chi connectivity index (χ0v) is 14.5. The van der Waals surface area contributed by atoms with Gasteiger partial charge in [-0.3, -0.25) is 10.1 Å². The summed E-state index contributed by atoms with van der Waals surface area (Å²) >= 11 is 1.70. The topological polar surface area (TPSA) is 126 Å². The summed E-state index contributed by atoms with van der Waals surface area (Å²) in [5.74, 6) is -0.419. The number of primary amides is 2. The molecule has 0 spiro atoms. The second-order valence-corrected chi connectivity index (χ2v) is 6.70. The molecule has 7 N–H and O–H groups in total. The molecule has 130 valence electrons. The molecule has 0 aliphatic heterocycles. The van der Waals surface area contributed by atoms with Gasteiger partial charge in [-0.1, -0.05) is 19.1 Å². The van der Waals surface area contributed by atoms with Crippen molar-refractivity contribution >= 4 is 40.0 Å². The molecule has 3 rings (SSSR count). The molecule has 7 nitrogen and oxygen atoms in total. The van der Waals surface area contributed by atoms with E-state index in [9.17, 15) is 9.59 Å². The van der Waals surface area contributed by atoms with Crippen LogP contribution in [0.1, 0.15) is 22.2 Å². The molecule has 0 bridgehead atoms. The quantitative estimate of drug-likeness (QED) is 0.465. The summed E-state index contributed by atoms with van der Waals surface area (Å²) in [5.41, 5.74) is 12.5. The van der Waals surface area contributed by atoms with Gasteiger partial charge in [-0.05, 0) is 30.3 Å². The highest BCUT2D eigenvalue weighted by Crippen LogP contribution is 2.33. The van der Waals surface area contributed by atoms with Crippen LogP contribution in [-0.4, -0.2) is 23.5 Å². The number of amides is 3. The molecule has 0 aliphatic rings. The van der Waals surface area contributed by atoms with Gasteiger partial charge in [0.25, 0.3) is 5.91 Å². The van der Waals surface area contributed by atoms with Crippen molar-refractivity contribution in [1.82, 2.24) is 10.3 Å². The lowest BCUT2D eigenvalue weighted by atomic mass is 10.1. The van der Waals surface area contributed by atoms with E-state index in [1.165, 1.54) is 4.88 Å². The number of nitrogens with one attached hydrogen (secondary N) is 3. The van der Waals surface area contributed by atoms with E-state index in [1.54, 1.807) is 11.3 Å². The van der Waals surface area contributed by atoms with Crippen LogP contribution < -0.4 is 22.1 Å². The SMILES string of the molecule is CCNCc1ccc(-c2ccc3c(C(N)=O)c(NC(N)=O)[nH]c3c2)s1. The van der Waals surface area contributed by atoms with Gasteiger partial charge in [0.2, 0.25) is 0 Å². The van der Waals surface area contributed by atoms with E-state index < -0.39 is 11.9 Å². The van der Waals surface area contributed by atoms with Gasteiger partial charge >= 0.3 is 6.03 Å². The molecule has 2 heterocycles. The molecular formula is C17H19N5O2S. The Kier molecular flexibility index (Phi) is 4.73. The maximum absolute atomic E-state index is 11.7. The maximum atomic E-state index is 11.7. The number of H-pyrrole nitrogens is 1. The number of benzene rings is 1. The van der Waals surface area contributed by atoms with Crippen molar-refractivity contribution in [2.75, 3.05) is 11.9 Å². The molecule has 3 aromatic rings. The van der Waals surface area contributed by atoms with Crippen molar-refractivity contribution in [3.8, 4) is 10.4 Å². The van der Waals surface area contributed by atoms with Gasteiger partial charge in [0, 0.05) is 27.2 Å². The predicted molar refractivity (Wildman–Crippen MR) is 101 cm³/mol. The first-order valence-electron chi connectivity index (χ1n) is 7.81. The Morgan fingerprint density at radius 2 is 2.00 bits per heavy atom. The third-order valence-corrected chi connectivity index (χ3v) is 4.92. The van der Waals surface area contributed by atoms with E-state index in [0.29, 0.717) is 10.9 Å². The fraction of sp³-hybridized carbons (Fsp3) is 0.176. The smallest absolute Gasteiger partial charge is 0.317 e. The van der Waals surface area contributed by atoms with Crippen molar-refractivity contribution < 1.29 is 9.59 Å². The first kappa shape index (κ1) is 17.0. The van der Waals surface area contributed by atoms with Gasteiger partial charge in [0.1, 0.15) is 5.82 Å². The van der Waals surface area contributed by atoms with Crippen LogP contribution >= 0.6 is 11.3 Å². The number of hydrogen-bond acceptors (Lipinski definition) is 4. The molecule has 0 saturated carbocycles. The summed E-state index contributed by atoms with van der Waals surface area (Å²) in [6, 6.07) is 9.07. The van der Waals surface area contributed by atoms with Crippen LogP contribution in [0.4, 0.5) is 10.6 Å². The van der Waals surface area contributed by atoms with Gasteiger partial charge in [0.15, 0.2) is 0 Å². The molecule has 0 atom stereocenters. The van der Waals surface area contributed by atoms with Crippen LogP contribution in [0, 0.1) is 0 Å². The fourth-order valence-electron chi connectivity index (χ4n) is 2.70. The van der Waals surface area contributed by atoms with E-state index in [1.807, 2.05) is 18.2 Å². The van der Waals surface area contributed by atoms with Crippen LogP contribution in [0.5, 0.6) is 0 Å². The molecule has 0 aliphatic carbocycles. The Morgan fingerprint density at radius 3 is 2.68 bits per heavy atom. The normalized spacial score (nSPS) is 10.9. The van der Waals surface area contributed by atoms with Gasteiger partial charge in [-0.15, -0.1) is 11.3 Å². The first-order chi connectivity index (χ1) is 12.0. The van der Waals surface area contributed by atoms with Gasteiger partial charge in [-0.2, -0.15) is 0 Å². The third kappa shape index (κ3) is 3.49. The molecule has 8 heteroatoms. The monoisotopic (exact) mass is 357 g/mol. The molecule has 3 amide bonds. The number of carbonyl (C=O) groups excluding carboxylic acids is 2. The number of rotatable bonds is 6. The van der Waals surface area contributed by atoms with Crippen LogP contribution in [-0.2, 0) is 6.54 Å². The Hall–Kier alpha value is -2.84. The summed E-state index contributed by atoms with van der Waals surface area (Å²) < 4.78 is 0. The lowest BCUT2D eigenvalue weighted by Crippen LogP contribution is -2.22. The number of urea groups is 1.